The highest BCUT2D eigenvalue weighted by Crippen LogP contribution is 2.38. The number of rotatable bonds is 5. The van der Waals surface area contributed by atoms with E-state index in [9.17, 15) is 23.2 Å². The Morgan fingerprint density at radius 1 is 1.08 bits per heavy atom. The van der Waals surface area contributed by atoms with Crippen LogP contribution in [0, 0.1) is 11.6 Å². The number of carbonyl (C=O) groups excluding carboxylic acids is 1. The fourth-order valence-electron chi connectivity index (χ4n) is 4.70. The van der Waals surface area contributed by atoms with Gasteiger partial charge in [-0.15, -0.1) is 0 Å². The van der Waals surface area contributed by atoms with Gasteiger partial charge < -0.3 is 9.15 Å². The number of benzene rings is 2. The molecule has 0 N–H and O–H groups in total. The lowest BCUT2D eigenvalue weighted by atomic mass is 9.82. The van der Waals surface area contributed by atoms with Gasteiger partial charge in [0.25, 0.3) is 5.56 Å². The summed E-state index contributed by atoms with van der Waals surface area (Å²) in [4.78, 5) is 39.4. The Labute approximate surface area is 211 Å². The molecule has 2 heterocycles. The zero-order chi connectivity index (χ0) is 26.5. The lowest BCUT2D eigenvalue weighted by molar-refractivity contribution is -0.154. The van der Waals surface area contributed by atoms with Crippen LogP contribution < -0.4 is 11.0 Å². The molecule has 0 bridgehead atoms. The highest BCUT2D eigenvalue weighted by atomic mass is 19.2. The van der Waals surface area contributed by atoms with E-state index in [-0.39, 0.29) is 40.4 Å². The number of esters is 1. The van der Waals surface area contributed by atoms with E-state index in [0.717, 1.165) is 29.9 Å². The first kappa shape index (κ1) is 24.9. The van der Waals surface area contributed by atoms with Crippen molar-refractivity contribution in [1.82, 2.24) is 4.57 Å². The third-order valence-electron chi connectivity index (χ3n) is 6.67. The summed E-state index contributed by atoms with van der Waals surface area (Å²) in [5.74, 6) is -2.62. The number of aromatic nitrogens is 1. The van der Waals surface area contributed by atoms with E-state index in [4.69, 9.17) is 9.15 Å². The summed E-state index contributed by atoms with van der Waals surface area (Å²) in [7, 11) is 0. The van der Waals surface area contributed by atoms with E-state index >= 15 is 0 Å². The molecular weight excluding hydrogens is 480 g/mol. The van der Waals surface area contributed by atoms with E-state index in [0.29, 0.717) is 23.3 Å². The maximum atomic E-state index is 14.8. The molecule has 1 fully saturated rings. The lowest BCUT2D eigenvalue weighted by Crippen LogP contribution is -2.29. The maximum absolute atomic E-state index is 14.8. The molecule has 8 heteroatoms. The molecule has 0 atom stereocenters. The summed E-state index contributed by atoms with van der Waals surface area (Å²) in [6.45, 7) is 5.36. The quantitative estimate of drug-likeness (QED) is 0.248. The summed E-state index contributed by atoms with van der Waals surface area (Å²) in [5, 5.41) is -0.0579. The van der Waals surface area contributed by atoms with Gasteiger partial charge in [0.2, 0.25) is 5.43 Å². The van der Waals surface area contributed by atoms with Crippen molar-refractivity contribution < 1.29 is 22.7 Å². The molecule has 0 aliphatic heterocycles. The number of nitrogens with zero attached hydrogens (tertiary/aromatic N) is 1. The number of aryl methyl sites for hydroxylation is 1. The van der Waals surface area contributed by atoms with Crippen molar-refractivity contribution >= 4 is 27.9 Å². The minimum absolute atomic E-state index is 0.0315. The van der Waals surface area contributed by atoms with Gasteiger partial charge in [-0.3, -0.25) is 19.0 Å². The molecular formula is C29H27F2NO5. The van der Waals surface area contributed by atoms with Crippen LogP contribution >= 0.6 is 0 Å². The number of ether oxygens (including phenoxy) is 1. The van der Waals surface area contributed by atoms with Crippen LogP contribution in [0.1, 0.15) is 63.6 Å². The second-order valence-corrected chi connectivity index (χ2v) is 10.5. The molecule has 37 heavy (non-hydrogen) atoms. The summed E-state index contributed by atoms with van der Waals surface area (Å²) in [6.07, 6.45) is 3.00. The number of hydrogen-bond donors (Lipinski definition) is 0. The van der Waals surface area contributed by atoms with E-state index in [1.165, 1.54) is 12.1 Å². The number of hydrogen-bond acceptors (Lipinski definition) is 5. The van der Waals surface area contributed by atoms with Gasteiger partial charge in [-0.25, -0.2) is 8.78 Å². The molecule has 1 saturated carbocycles. The molecule has 0 saturated heterocycles. The maximum Gasteiger partial charge on any atom is 0.306 e. The van der Waals surface area contributed by atoms with Gasteiger partial charge in [-0.2, -0.15) is 0 Å². The Balaban J connectivity index is 1.65. The normalized spacial score (nSPS) is 14.2. The second-order valence-electron chi connectivity index (χ2n) is 10.5. The Kier molecular flexibility index (Phi) is 6.22. The summed E-state index contributed by atoms with van der Waals surface area (Å²) in [6, 6.07) is 10.2. The summed E-state index contributed by atoms with van der Waals surface area (Å²) >= 11 is 0. The molecule has 6 nitrogen and oxygen atoms in total. The second kappa shape index (κ2) is 9.25. The van der Waals surface area contributed by atoms with Crippen LogP contribution in [-0.2, 0) is 16.0 Å². The number of carbonyl (C=O) groups is 1. The predicted octanol–water partition coefficient (Wildman–Crippen LogP) is 5.92. The van der Waals surface area contributed by atoms with Crippen LogP contribution in [0.15, 0.2) is 56.5 Å². The van der Waals surface area contributed by atoms with Crippen LogP contribution in [-0.4, -0.2) is 16.1 Å². The van der Waals surface area contributed by atoms with Gasteiger partial charge in [-0.05, 0) is 75.8 Å². The number of fused-ring (bicyclic) bond motifs is 2. The van der Waals surface area contributed by atoms with E-state index < -0.39 is 28.2 Å². The molecule has 2 aromatic carbocycles. The van der Waals surface area contributed by atoms with Gasteiger partial charge >= 0.3 is 5.97 Å². The Hall–Kier alpha value is -3.81. The van der Waals surface area contributed by atoms with Crippen molar-refractivity contribution in [1.29, 1.82) is 0 Å². The van der Waals surface area contributed by atoms with Gasteiger partial charge in [-0.1, -0.05) is 18.6 Å². The standard InChI is InChI=1S/C29H27F2NO5/c1-29(2,3)37-24(33)13-11-16-10-12-22-18(14-16)27(34)25-23(36-22)15-21(17-6-4-7-17)32(28(25)35)20-9-5-8-19(30)26(20)31/h5,8-10,12,14-15,17H,4,6-7,11,13H2,1-3H3. The number of pyridine rings is 1. The smallest absolute Gasteiger partial charge is 0.306 e. The molecule has 4 aromatic rings. The van der Waals surface area contributed by atoms with E-state index in [1.54, 1.807) is 45.0 Å². The molecule has 5 rings (SSSR count). The highest BCUT2D eigenvalue weighted by molar-refractivity contribution is 5.90. The van der Waals surface area contributed by atoms with E-state index in [2.05, 4.69) is 0 Å². The van der Waals surface area contributed by atoms with Gasteiger partial charge in [0, 0.05) is 18.2 Å². The van der Waals surface area contributed by atoms with Crippen LogP contribution in [0.3, 0.4) is 0 Å². The minimum atomic E-state index is -1.15. The van der Waals surface area contributed by atoms with Gasteiger partial charge in [0.05, 0.1) is 11.1 Å². The summed E-state index contributed by atoms with van der Waals surface area (Å²) in [5.41, 5.74) is -0.549. The monoisotopic (exact) mass is 507 g/mol. The minimum Gasteiger partial charge on any atom is -0.460 e. The fraction of sp³-hybridized carbons (Fsp3) is 0.345. The lowest BCUT2D eigenvalue weighted by Gasteiger charge is -2.28. The molecule has 1 aliphatic carbocycles. The largest absolute Gasteiger partial charge is 0.460 e. The van der Waals surface area contributed by atoms with Crippen LogP contribution in [0.25, 0.3) is 27.6 Å². The van der Waals surface area contributed by atoms with Crippen molar-refractivity contribution in [3.8, 4) is 5.69 Å². The fourth-order valence-corrected chi connectivity index (χ4v) is 4.70. The SMILES string of the molecule is CC(C)(C)OC(=O)CCc1ccc2oc3cc(C4CCC4)n(-c4cccc(F)c4F)c(=O)c3c(=O)c2c1. The molecule has 192 valence electrons. The third kappa shape index (κ3) is 4.68. The third-order valence-corrected chi connectivity index (χ3v) is 6.67. The molecule has 0 radical (unpaired) electrons. The number of halogens is 2. The zero-order valence-corrected chi connectivity index (χ0v) is 20.9. The van der Waals surface area contributed by atoms with Crippen LogP contribution in [0.5, 0.6) is 0 Å². The Bertz CT molecular complexity index is 1660. The molecule has 1 aliphatic rings. The molecule has 2 aromatic heterocycles. The predicted molar refractivity (Wildman–Crippen MR) is 136 cm³/mol. The molecule has 0 amide bonds. The van der Waals surface area contributed by atoms with E-state index in [1.807, 2.05) is 0 Å². The first-order valence-electron chi connectivity index (χ1n) is 12.3. The topological polar surface area (TPSA) is 78.5 Å². The zero-order valence-electron chi connectivity index (χ0n) is 20.9. The summed E-state index contributed by atoms with van der Waals surface area (Å²) < 4.78 is 41.3. The molecule has 0 unspecified atom stereocenters. The van der Waals surface area contributed by atoms with Crippen molar-refractivity contribution in [3.63, 3.8) is 0 Å². The van der Waals surface area contributed by atoms with Crippen LogP contribution in [0.2, 0.25) is 0 Å². The average molecular weight is 508 g/mol. The first-order valence-corrected chi connectivity index (χ1v) is 12.3. The average Bonchev–Trinajstić information content (AvgIpc) is 2.78. The van der Waals surface area contributed by atoms with Crippen molar-refractivity contribution in [2.45, 2.75) is 64.4 Å². The van der Waals surface area contributed by atoms with Crippen molar-refractivity contribution in [2.75, 3.05) is 0 Å². The van der Waals surface area contributed by atoms with Gasteiger partial charge in [0.15, 0.2) is 11.6 Å². The van der Waals surface area contributed by atoms with Crippen molar-refractivity contribution in [2.24, 2.45) is 0 Å². The Morgan fingerprint density at radius 3 is 2.51 bits per heavy atom. The van der Waals surface area contributed by atoms with Crippen LogP contribution in [0.4, 0.5) is 8.78 Å². The first-order chi connectivity index (χ1) is 17.5. The van der Waals surface area contributed by atoms with Gasteiger partial charge in [0.1, 0.15) is 22.2 Å². The molecule has 0 spiro atoms. The Morgan fingerprint density at radius 2 is 1.84 bits per heavy atom. The van der Waals surface area contributed by atoms with Crippen molar-refractivity contribution in [3.05, 3.63) is 85.9 Å². The highest BCUT2D eigenvalue weighted by Gasteiger charge is 2.28.